The Kier molecular flexibility index (Phi) is 9.23. The molecule has 2 rings (SSSR count). The first-order chi connectivity index (χ1) is 14.7. The number of nitrogens with two attached hydrogens (primary N) is 2. The van der Waals surface area contributed by atoms with E-state index in [9.17, 15) is 27.9 Å². The fourth-order valence-corrected chi connectivity index (χ4v) is 2.99. The smallest absolute Gasteiger partial charge is 0.335 e. The van der Waals surface area contributed by atoms with Gasteiger partial charge in [-0.1, -0.05) is 24.3 Å². The van der Waals surface area contributed by atoms with Crippen LogP contribution in [0.4, 0.5) is 0 Å². The third kappa shape index (κ3) is 7.86. The van der Waals surface area contributed by atoms with Crippen molar-refractivity contribution < 1.29 is 47.8 Å². The third-order valence-corrected chi connectivity index (χ3v) is 5.60. The number of carbonyl (C=O) groups is 3. The number of rotatable bonds is 8. The predicted octanol–water partition coefficient (Wildman–Crippen LogP) is -0.410. The Balaban J connectivity index is 0.000000323. The highest BCUT2D eigenvalue weighted by atomic mass is 32.2. The average molecular weight is 472 g/mol. The number of carboxylic acid groups (broad SMARTS) is 3. The highest BCUT2D eigenvalue weighted by molar-refractivity contribution is 7.87. The van der Waals surface area contributed by atoms with Gasteiger partial charge in [-0.25, -0.2) is 4.79 Å². The molecule has 1 unspecified atom stereocenters. The average Bonchev–Trinajstić information content (AvgIpc) is 2.69. The topological polar surface area (TPSA) is 239 Å². The van der Waals surface area contributed by atoms with Crippen LogP contribution in [-0.4, -0.2) is 68.3 Å². The van der Waals surface area contributed by atoms with Gasteiger partial charge < -0.3 is 31.9 Å². The highest BCUT2D eigenvalue weighted by Gasteiger charge is 2.38. The van der Waals surface area contributed by atoms with E-state index in [2.05, 4.69) is 0 Å². The summed E-state index contributed by atoms with van der Waals surface area (Å²) in [7, 11) is -4.62. The first kappa shape index (κ1) is 26.9. The minimum absolute atomic E-state index is 0.0212. The van der Waals surface area contributed by atoms with E-state index in [1.807, 2.05) is 0 Å². The molecule has 0 bridgehead atoms. The summed E-state index contributed by atoms with van der Waals surface area (Å²) in [4.78, 5) is 29.1. The Morgan fingerprint density at radius 3 is 1.84 bits per heavy atom. The normalized spacial score (nSPS) is 19.7. The summed E-state index contributed by atoms with van der Waals surface area (Å²) in [6.45, 7) is 0. The molecule has 9 N–H and O–H groups in total. The summed E-state index contributed by atoms with van der Waals surface area (Å²) in [5.41, 5.74) is 12.0. The molecular formula is C19H24N2O10S. The molecule has 0 saturated carbocycles. The van der Waals surface area contributed by atoms with Crippen molar-refractivity contribution in [3.63, 3.8) is 0 Å². The molecule has 1 aromatic rings. The van der Waals surface area contributed by atoms with Gasteiger partial charge in [-0.2, -0.15) is 8.42 Å². The number of allylic oxidation sites excluding steroid dienone is 1. The molecule has 12 nitrogen and oxygen atoms in total. The van der Waals surface area contributed by atoms with Crippen LogP contribution in [0.2, 0.25) is 0 Å². The van der Waals surface area contributed by atoms with E-state index >= 15 is 0 Å². The second-order valence-corrected chi connectivity index (χ2v) is 8.59. The summed E-state index contributed by atoms with van der Waals surface area (Å²) >= 11 is 0. The molecule has 0 amide bonds. The first-order valence-corrected chi connectivity index (χ1v) is 10.5. The van der Waals surface area contributed by atoms with E-state index in [1.54, 1.807) is 12.1 Å². The van der Waals surface area contributed by atoms with E-state index in [-0.39, 0.29) is 24.8 Å². The van der Waals surface area contributed by atoms with Crippen LogP contribution in [0.25, 0.3) is 0 Å². The minimum Gasteiger partial charge on any atom is -0.480 e. The van der Waals surface area contributed by atoms with Crippen molar-refractivity contribution in [2.75, 3.05) is 0 Å². The van der Waals surface area contributed by atoms with Crippen molar-refractivity contribution >= 4 is 28.0 Å². The van der Waals surface area contributed by atoms with E-state index in [4.69, 9.17) is 31.3 Å². The predicted molar refractivity (Wildman–Crippen MR) is 111 cm³/mol. The maximum absolute atomic E-state index is 10.9. The largest absolute Gasteiger partial charge is 0.480 e. The van der Waals surface area contributed by atoms with Crippen molar-refractivity contribution in [2.24, 2.45) is 11.5 Å². The van der Waals surface area contributed by atoms with Crippen molar-refractivity contribution in [3.8, 4) is 0 Å². The molecule has 32 heavy (non-hydrogen) atoms. The van der Waals surface area contributed by atoms with Crippen LogP contribution in [0.1, 0.15) is 28.8 Å². The maximum atomic E-state index is 10.9. The van der Waals surface area contributed by atoms with E-state index in [0.717, 1.165) is 6.08 Å². The van der Waals surface area contributed by atoms with Gasteiger partial charge in [0, 0.05) is 6.42 Å². The molecule has 0 radical (unpaired) electrons. The molecular weight excluding hydrogens is 448 g/mol. The van der Waals surface area contributed by atoms with Crippen molar-refractivity contribution in [2.45, 2.75) is 36.3 Å². The number of hydrogen-bond acceptors (Lipinski definition) is 8. The molecule has 0 aliphatic heterocycles. The van der Waals surface area contributed by atoms with Crippen LogP contribution >= 0.6 is 0 Å². The second kappa shape index (κ2) is 11.0. The molecule has 1 aromatic carbocycles. The van der Waals surface area contributed by atoms with Crippen LogP contribution in [0, 0.1) is 0 Å². The third-order valence-electron chi connectivity index (χ3n) is 4.41. The van der Waals surface area contributed by atoms with E-state index in [1.165, 1.54) is 24.3 Å². The lowest BCUT2D eigenvalue weighted by Crippen LogP contribution is -2.37. The summed E-state index contributed by atoms with van der Waals surface area (Å²) in [6, 6.07) is 3.92. The second-order valence-electron chi connectivity index (χ2n) is 6.94. The molecule has 13 heteroatoms. The number of aromatic carboxylic acids is 1. The molecule has 1 aliphatic rings. The van der Waals surface area contributed by atoms with Gasteiger partial charge >= 0.3 is 17.9 Å². The van der Waals surface area contributed by atoms with Crippen LogP contribution in [0.5, 0.6) is 0 Å². The lowest BCUT2D eigenvalue weighted by Gasteiger charge is -2.23. The van der Waals surface area contributed by atoms with Gasteiger partial charge in [-0.3, -0.25) is 14.1 Å². The monoisotopic (exact) mass is 472 g/mol. The molecule has 1 aliphatic carbocycles. The fourth-order valence-electron chi connectivity index (χ4n) is 2.46. The number of aliphatic hydroxyl groups is 1. The fraction of sp³-hybridized carbons (Fsp3) is 0.316. The molecule has 176 valence electrons. The van der Waals surface area contributed by atoms with Crippen molar-refractivity contribution in [1.82, 2.24) is 0 Å². The first-order valence-electron chi connectivity index (χ1n) is 9.03. The van der Waals surface area contributed by atoms with Gasteiger partial charge in [0.05, 0.1) is 5.56 Å². The number of benzene rings is 1. The van der Waals surface area contributed by atoms with Crippen molar-refractivity contribution in [1.29, 1.82) is 0 Å². The zero-order valence-electron chi connectivity index (χ0n) is 16.7. The molecule has 0 saturated heterocycles. The van der Waals surface area contributed by atoms with Gasteiger partial charge in [0.1, 0.15) is 12.1 Å². The summed E-state index contributed by atoms with van der Waals surface area (Å²) in [6.07, 6.45) is 3.34. The van der Waals surface area contributed by atoms with Crippen molar-refractivity contribution in [3.05, 3.63) is 59.2 Å². The molecule has 0 spiro atoms. The lowest BCUT2D eigenvalue weighted by atomic mass is 9.99. The van der Waals surface area contributed by atoms with Gasteiger partial charge in [0.2, 0.25) is 4.93 Å². The minimum atomic E-state index is -4.62. The number of carboxylic acids is 3. The van der Waals surface area contributed by atoms with Crippen LogP contribution in [0.15, 0.2) is 48.1 Å². The molecule has 3 atom stereocenters. The Hall–Kier alpha value is -3.10. The summed E-state index contributed by atoms with van der Waals surface area (Å²) in [5.74, 6) is -3.25. The quantitative estimate of drug-likeness (QED) is 0.239. The Morgan fingerprint density at radius 1 is 0.969 bits per heavy atom. The summed E-state index contributed by atoms with van der Waals surface area (Å²) < 4.78 is 30.5. The van der Waals surface area contributed by atoms with Crippen LogP contribution < -0.4 is 11.5 Å². The van der Waals surface area contributed by atoms with Gasteiger partial charge in [-0.15, -0.1) is 0 Å². The number of aliphatic carboxylic acids is 2. The van der Waals surface area contributed by atoms with Gasteiger partial charge in [0.25, 0.3) is 10.1 Å². The highest BCUT2D eigenvalue weighted by Crippen LogP contribution is 2.27. The van der Waals surface area contributed by atoms with Crippen LogP contribution in [0.3, 0.4) is 0 Å². The Labute approximate surface area is 183 Å². The standard InChI is InChI=1S/C10H11NO4.C9H13NO6S/c11-8(10(14)15)5-6-1-3-7(4-2-6)9(12)13;10-7(8(11)12)5-6-1-3-9(13,4-2-6)17(14,15)16/h1-4,8H,5,11H2,(H,12,13)(H,14,15);1-3,7,13H,4-5,10H2,(H,11,12)(H,14,15,16)/t8-;7-,9?/m00/s1. The zero-order chi connectivity index (χ0) is 24.7. The van der Waals surface area contributed by atoms with Gasteiger partial charge in [0.15, 0.2) is 0 Å². The Bertz CT molecular complexity index is 1020. The summed E-state index contributed by atoms with van der Waals surface area (Å²) in [5, 5.41) is 35.3. The van der Waals surface area contributed by atoms with Crippen LogP contribution in [-0.2, 0) is 26.1 Å². The van der Waals surface area contributed by atoms with E-state index in [0.29, 0.717) is 11.1 Å². The van der Waals surface area contributed by atoms with E-state index < -0.39 is 45.0 Å². The molecule has 0 aromatic heterocycles. The SMILES string of the molecule is N[C@@H](CC1=CCC(O)(S(=O)(=O)O)C=C1)C(=O)O.N[C@@H](Cc1ccc(C(=O)O)cc1)C(=O)O. The molecule has 0 fully saturated rings. The lowest BCUT2D eigenvalue weighted by molar-refractivity contribution is -0.139. The number of hydrogen-bond donors (Lipinski definition) is 7. The maximum Gasteiger partial charge on any atom is 0.335 e. The zero-order valence-corrected chi connectivity index (χ0v) is 17.5. The Morgan fingerprint density at radius 2 is 1.47 bits per heavy atom. The van der Waals surface area contributed by atoms with Gasteiger partial charge in [-0.05, 0) is 42.2 Å². The molecule has 0 heterocycles.